The predicted octanol–water partition coefficient (Wildman–Crippen LogP) is 1.09. The molecule has 0 saturated carbocycles. The van der Waals surface area contributed by atoms with Crippen LogP contribution in [-0.2, 0) is 23.7 Å². The minimum atomic E-state index is -1.78. The topological polar surface area (TPSA) is 228 Å². The number of hydrogen-bond donors (Lipinski definition) is 9. The average Bonchev–Trinajstić information content (AvgIpc) is 3.11. The molecule has 2 fully saturated rings. The Bertz CT molecular complexity index is 951. The Morgan fingerprint density at radius 2 is 1.28 bits per heavy atom. The van der Waals surface area contributed by atoms with E-state index in [1.807, 2.05) is 6.08 Å². The second-order valence-corrected chi connectivity index (χ2v) is 13.3. The second kappa shape index (κ2) is 25.4. The molecule has 292 valence electrons. The molecule has 1 amide bonds. The van der Waals surface area contributed by atoms with Crippen LogP contribution in [0.25, 0.3) is 0 Å². The highest BCUT2D eigenvalue weighted by molar-refractivity contribution is 5.76. The van der Waals surface area contributed by atoms with Crippen LogP contribution in [0.3, 0.4) is 0 Å². The van der Waals surface area contributed by atoms with Gasteiger partial charge in [0.15, 0.2) is 12.6 Å². The Morgan fingerprint density at radius 1 is 0.700 bits per heavy atom. The van der Waals surface area contributed by atoms with Crippen LogP contribution in [0.1, 0.15) is 104 Å². The first kappa shape index (κ1) is 44.6. The van der Waals surface area contributed by atoms with Crippen molar-refractivity contribution in [2.24, 2.45) is 0 Å². The SMILES string of the molecule is CCCCCC/C=C/CC/C=C/C(O)C(COC1OC(CO)C(OC2OC(CO)C(O)C(O)C2O)C(O)C1O)NC(=O)CCCCCCCC. The summed E-state index contributed by atoms with van der Waals surface area (Å²) >= 11 is 0. The highest BCUT2D eigenvalue weighted by atomic mass is 16.7. The molecule has 14 nitrogen and oxygen atoms in total. The molecule has 12 unspecified atom stereocenters. The number of rotatable bonds is 25. The van der Waals surface area contributed by atoms with Crippen LogP contribution >= 0.6 is 0 Å². The van der Waals surface area contributed by atoms with Gasteiger partial charge in [-0.05, 0) is 32.1 Å². The monoisotopic (exact) mass is 719 g/mol. The zero-order valence-corrected chi connectivity index (χ0v) is 29.9. The number of nitrogens with one attached hydrogen (secondary N) is 1. The average molecular weight is 720 g/mol. The molecule has 2 aliphatic heterocycles. The number of carbonyl (C=O) groups excluding carboxylic acids is 1. The molecule has 0 radical (unpaired) electrons. The van der Waals surface area contributed by atoms with Crippen molar-refractivity contribution >= 4 is 5.91 Å². The van der Waals surface area contributed by atoms with E-state index < -0.39 is 86.8 Å². The summed E-state index contributed by atoms with van der Waals surface area (Å²) in [6.07, 6.45) is 4.37. The second-order valence-electron chi connectivity index (χ2n) is 13.3. The quantitative estimate of drug-likeness (QED) is 0.0476. The lowest BCUT2D eigenvalue weighted by Gasteiger charge is -2.46. The van der Waals surface area contributed by atoms with Gasteiger partial charge in [0.25, 0.3) is 0 Å². The highest BCUT2D eigenvalue weighted by Gasteiger charge is 2.50. The molecule has 2 aliphatic rings. The molecule has 50 heavy (non-hydrogen) atoms. The van der Waals surface area contributed by atoms with E-state index in [1.165, 1.54) is 25.7 Å². The molecule has 0 aromatic rings. The first-order valence-electron chi connectivity index (χ1n) is 18.6. The fourth-order valence-electron chi connectivity index (χ4n) is 5.95. The van der Waals surface area contributed by atoms with E-state index in [0.29, 0.717) is 12.8 Å². The number of allylic oxidation sites excluding steroid dienone is 3. The number of amides is 1. The third-order valence-corrected chi connectivity index (χ3v) is 9.14. The van der Waals surface area contributed by atoms with Crippen LogP contribution in [-0.4, -0.2) is 140 Å². The normalized spacial score (nSPS) is 31.7. The summed E-state index contributed by atoms with van der Waals surface area (Å²) in [4.78, 5) is 12.8. The molecule has 0 aliphatic carbocycles. The Labute approximate surface area is 297 Å². The molecule has 12 atom stereocenters. The lowest BCUT2D eigenvalue weighted by atomic mass is 9.97. The predicted molar refractivity (Wildman–Crippen MR) is 185 cm³/mol. The standard InChI is InChI=1S/C36H65NO13/c1-3-5-7-9-11-12-13-14-15-17-19-25(40)24(37-28(41)20-18-16-10-8-6-4-2)23-47-35-33(46)31(44)34(27(22-39)49-35)50-36-32(45)30(43)29(42)26(21-38)48-36/h12-13,17,19,24-27,29-36,38-40,42-46H,3-11,14-16,18,20-23H2,1-2H3,(H,37,41)/b13-12+,19-17+. The van der Waals surface area contributed by atoms with E-state index in [9.17, 15) is 45.6 Å². The summed E-state index contributed by atoms with van der Waals surface area (Å²) in [5.41, 5.74) is 0. The maximum atomic E-state index is 12.8. The molecular weight excluding hydrogens is 654 g/mol. The fraction of sp³-hybridized carbons (Fsp3) is 0.861. The summed E-state index contributed by atoms with van der Waals surface area (Å²) in [5.74, 6) is -0.265. The van der Waals surface area contributed by atoms with Crippen LogP contribution in [0.4, 0.5) is 0 Å². The van der Waals surface area contributed by atoms with E-state index in [1.54, 1.807) is 6.08 Å². The first-order chi connectivity index (χ1) is 24.1. The molecule has 14 heteroatoms. The van der Waals surface area contributed by atoms with Gasteiger partial charge < -0.3 is 65.1 Å². The summed E-state index contributed by atoms with van der Waals surface area (Å²) in [7, 11) is 0. The lowest BCUT2D eigenvalue weighted by Crippen LogP contribution is -2.65. The van der Waals surface area contributed by atoms with Crippen molar-refractivity contribution in [2.45, 2.75) is 177 Å². The van der Waals surface area contributed by atoms with Crippen LogP contribution < -0.4 is 5.32 Å². The van der Waals surface area contributed by atoms with Gasteiger partial charge in [-0.3, -0.25) is 4.79 Å². The summed E-state index contributed by atoms with van der Waals surface area (Å²) in [6, 6.07) is -0.920. The van der Waals surface area contributed by atoms with Crippen molar-refractivity contribution in [3.8, 4) is 0 Å². The van der Waals surface area contributed by atoms with Gasteiger partial charge >= 0.3 is 0 Å². The van der Waals surface area contributed by atoms with Gasteiger partial charge in [-0.1, -0.05) is 89.5 Å². The van der Waals surface area contributed by atoms with Gasteiger partial charge in [-0.2, -0.15) is 0 Å². The molecular formula is C36H65NO13. The van der Waals surface area contributed by atoms with E-state index >= 15 is 0 Å². The summed E-state index contributed by atoms with van der Waals surface area (Å²) in [5, 5.41) is 85.7. The fourth-order valence-corrected chi connectivity index (χ4v) is 5.95. The zero-order valence-electron chi connectivity index (χ0n) is 29.9. The molecule has 9 N–H and O–H groups in total. The van der Waals surface area contributed by atoms with Crippen molar-refractivity contribution in [3.63, 3.8) is 0 Å². The number of aliphatic hydroxyl groups is 8. The van der Waals surface area contributed by atoms with Gasteiger partial charge in [0.2, 0.25) is 5.91 Å². The lowest BCUT2D eigenvalue weighted by molar-refractivity contribution is -0.359. The van der Waals surface area contributed by atoms with E-state index in [4.69, 9.17) is 18.9 Å². The van der Waals surface area contributed by atoms with Crippen LogP contribution in [0, 0.1) is 0 Å². The van der Waals surface area contributed by atoms with E-state index in [0.717, 1.165) is 44.9 Å². The van der Waals surface area contributed by atoms with E-state index in [-0.39, 0.29) is 18.9 Å². The molecule has 2 heterocycles. The van der Waals surface area contributed by atoms with Crippen molar-refractivity contribution in [1.82, 2.24) is 5.32 Å². The smallest absolute Gasteiger partial charge is 0.220 e. The Balaban J connectivity index is 2.01. The Hall–Kier alpha value is -1.53. The minimum Gasteiger partial charge on any atom is -0.394 e. The maximum absolute atomic E-state index is 12.8. The van der Waals surface area contributed by atoms with Gasteiger partial charge in [-0.15, -0.1) is 0 Å². The van der Waals surface area contributed by atoms with Crippen LogP contribution in [0.5, 0.6) is 0 Å². The minimum absolute atomic E-state index is 0.265. The van der Waals surface area contributed by atoms with Gasteiger partial charge in [-0.25, -0.2) is 0 Å². The molecule has 0 aromatic heterocycles. The molecule has 0 bridgehead atoms. The van der Waals surface area contributed by atoms with Crippen molar-refractivity contribution in [3.05, 3.63) is 24.3 Å². The third kappa shape index (κ3) is 15.2. The van der Waals surface area contributed by atoms with Crippen LogP contribution in [0.15, 0.2) is 24.3 Å². The number of ether oxygens (including phenoxy) is 4. The molecule has 2 rings (SSSR count). The number of unbranched alkanes of at least 4 members (excludes halogenated alkanes) is 10. The first-order valence-corrected chi connectivity index (χ1v) is 18.6. The van der Waals surface area contributed by atoms with Gasteiger partial charge in [0.1, 0.15) is 48.8 Å². The highest BCUT2D eigenvalue weighted by Crippen LogP contribution is 2.29. The third-order valence-electron chi connectivity index (χ3n) is 9.14. The number of hydrogen-bond acceptors (Lipinski definition) is 13. The largest absolute Gasteiger partial charge is 0.394 e. The zero-order chi connectivity index (χ0) is 36.9. The van der Waals surface area contributed by atoms with Crippen molar-refractivity contribution < 1.29 is 64.6 Å². The Kier molecular flexibility index (Phi) is 22.7. The molecule has 0 aromatic carbocycles. The Morgan fingerprint density at radius 3 is 1.96 bits per heavy atom. The van der Waals surface area contributed by atoms with Crippen molar-refractivity contribution in [1.29, 1.82) is 0 Å². The summed E-state index contributed by atoms with van der Waals surface area (Å²) in [6.45, 7) is 2.59. The van der Waals surface area contributed by atoms with Gasteiger partial charge in [0.05, 0.1) is 32.0 Å². The van der Waals surface area contributed by atoms with Crippen LogP contribution in [0.2, 0.25) is 0 Å². The summed E-state index contributed by atoms with van der Waals surface area (Å²) < 4.78 is 22.4. The number of carbonyl (C=O) groups is 1. The maximum Gasteiger partial charge on any atom is 0.220 e. The van der Waals surface area contributed by atoms with E-state index in [2.05, 4.69) is 31.3 Å². The van der Waals surface area contributed by atoms with Crippen molar-refractivity contribution in [2.75, 3.05) is 19.8 Å². The number of aliphatic hydroxyl groups excluding tert-OH is 8. The van der Waals surface area contributed by atoms with Gasteiger partial charge in [0, 0.05) is 6.42 Å². The molecule has 2 saturated heterocycles. The molecule has 0 spiro atoms.